The predicted octanol–water partition coefficient (Wildman–Crippen LogP) is 4.27. The molecule has 0 bridgehead atoms. The fraction of sp³-hybridized carbons (Fsp3) is 0.263. The number of benzene rings is 1. The first-order valence-electron chi connectivity index (χ1n) is 8.40. The Kier molecular flexibility index (Phi) is 4.81. The number of hydrogen-bond donors (Lipinski definition) is 1. The van der Waals surface area contributed by atoms with Crippen LogP contribution >= 0.6 is 22.7 Å². The maximum absolute atomic E-state index is 12.6. The molecule has 1 aromatic carbocycles. The third-order valence-corrected chi connectivity index (χ3v) is 6.37. The third kappa shape index (κ3) is 3.75. The van der Waals surface area contributed by atoms with E-state index in [1.54, 1.807) is 17.5 Å². The van der Waals surface area contributed by atoms with Crippen molar-refractivity contribution < 1.29 is 4.79 Å². The number of anilines is 1. The second-order valence-electron chi connectivity index (χ2n) is 6.10. The largest absolute Gasteiger partial charge is 0.369 e. The Morgan fingerprint density at radius 2 is 2.08 bits per heavy atom. The van der Waals surface area contributed by atoms with Crippen LogP contribution in [0.2, 0.25) is 0 Å². The molecule has 3 heterocycles. The van der Waals surface area contributed by atoms with Gasteiger partial charge in [-0.25, -0.2) is 4.98 Å². The van der Waals surface area contributed by atoms with Crippen LogP contribution in [0.1, 0.15) is 22.5 Å². The standard InChI is InChI=1S/C19H19N3OS2/c23-18(17-12-20-19(25-17)16-9-5-11-24-16)21-14-6-4-10-22(13-14)15-7-2-1-3-8-15/h1-3,5,7-9,11-12,14H,4,6,10,13H2,(H,21,23). The monoisotopic (exact) mass is 369 g/mol. The van der Waals surface area contributed by atoms with E-state index in [-0.39, 0.29) is 11.9 Å². The summed E-state index contributed by atoms with van der Waals surface area (Å²) < 4.78 is 0. The zero-order valence-corrected chi connectivity index (χ0v) is 15.4. The molecule has 1 fully saturated rings. The van der Waals surface area contributed by atoms with Crippen molar-refractivity contribution in [1.29, 1.82) is 0 Å². The first-order chi connectivity index (χ1) is 12.3. The highest BCUT2D eigenvalue weighted by Gasteiger charge is 2.23. The van der Waals surface area contributed by atoms with Crippen LogP contribution in [-0.4, -0.2) is 30.0 Å². The minimum Gasteiger partial charge on any atom is -0.369 e. The molecule has 0 aliphatic carbocycles. The highest BCUT2D eigenvalue weighted by Crippen LogP contribution is 2.29. The van der Waals surface area contributed by atoms with Crippen molar-refractivity contribution in [2.24, 2.45) is 0 Å². The Morgan fingerprint density at radius 3 is 2.88 bits per heavy atom. The number of para-hydroxylation sites is 1. The normalized spacial score (nSPS) is 17.4. The summed E-state index contributed by atoms with van der Waals surface area (Å²) >= 11 is 3.10. The summed E-state index contributed by atoms with van der Waals surface area (Å²) in [5.74, 6) is -0.0137. The Hall–Kier alpha value is -2.18. The van der Waals surface area contributed by atoms with Gasteiger partial charge in [-0.15, -0.1) is 22.7 Å². The maximum Gasteiger partial charge on any atom is 0.263 e. The molecule has 4 nitrogen and oxygen atoms in total. The number of carbonyl (C=O) groups excluding carboxylic acids is 1. The van der Waals surface area contributed by atoms with Crippen LogP contribution in [0.15, 0.2) is 54.0 Å². The fourth-order valence-electron chi connectivity index (χ4n) is 3.12. The number of nitrogens with one attached hydrogen (secondary N) is 1. The summed E-state index contributed by atoms with van der Waals surface area (Å²) in [6.07, 6.45) is 3.79. The lowest BCUT2D eigenvalue weighted by Crippen LogP contribution is -2.47. The van der Waals surface area contributed by atoms with Gasteiger partial charge in [0.1, 0.15) is 9.88 Å². The van der Waals surface area contributed by atoms with E-state index in [4.69, 9.17) is 0 Å². The zero-order chi connectivity index (χ0) is 17.1. The van der Waals surface area contributed by atoms with E-state index in [1.165, 1.54) is 17.0 Å². The van der Waals surface area contributed by atoms with Crippen molar-refractivity contribution in [1.82, 2.24) is 10.3 Å². The smallest absolute Gasteiger partial charge is 0.263 e. The number of rotatable bonds is 4. The van der Waals surface area contributed by atoms with Gasteiger partial charge in [0.2, 0.25) is 0 Å². The quantitative estimate of drug-likeness (QED) is 0.747. The van der Waals surface area contributed by atoms with Crippen LogP contribution in [0.4, 0.5) is 5.69 Å². The minimum atomic E-state index is -0.0137. The third-order valence-electron chi connectivity index (χ3n) is 4.34. The van der Waals surface area contributed by atoms with Gasteiger partial charge in [-0.3, -0.25) is 4.79 Å². The SMILES string of the molecule is O=C(NC1CCCN(c2ccccc2)C1)c1cnc(-c2cccs2)s1. The summed E-state index contributed by atoms with van der Waals surface area (Å²) in [4.78, 5) is 21.1. The minimum absolute atomic E-state index is 0.0137. The average Bonchev–Trinajstić information content (AvgIpc) is 3.34. The summed E-state index contributed by atoms with van der Waals surface area (Å²) in [5, 5.41) is 6.12. The van der Waals surface area contributed by atoms with Crippen molar-refractivity contribution >= 4 is 34.3 Å². The Balaban J connectivity index is 1.40. The topological polar surface area (TPSA) is 45.2 Å². The van der Waals surface area contributed by atoms with Gasteiger partial charge in [0, 0.05) is 24.8 Å². The van der Waals surface area contributed by atoms with Gasteiger partial charge in [-0.1, -0.05) is 24.3 Å². The van der Waals surface area contributed by atoms with Crippen molar-refractivity contribution in [3.8, 4) is 9.88 Å². The second kappa shape index (κ2) is 7.37. The summed E-state index contributed by atoms with van der Waals surface area (Å²) in [7, 11) is 0. The molecule has 4 rings (SSSR count). The molecule has 3 aromatic rings. The molecule has 1 unspecified atom stereocenters. The Bertz CT molecular complexity index is 829. The molecule has 2 aromatic heterocycles. The lowest BCUT2D eigenvalue weighted by atomic mass is 10.0. The molecule has 1 amide bonds. The number of carbonyl (C=O) groups is 1. The van der Waals surface area contributed by atoms with Crippen molar-refractivity contribution in [2.45, 2.75) is 18.9 Å². The molecule has 1 aliphatic rings. The lowest BCUT2D eigenvalue weighted by molar-refractivity contribution is 0.0937. The van der Waals surface area contributed by atoms with Crippen LogP contribution in [-0.2, 0) is 0 Å². The summed E-state index contributed by atoms with van der Waals surface area (Å²) in [6.45, 7) is 1.89. The Labute approximate surface area is 155 Å². The molecule has 0 radical (unpaired) electrons. The van der Waals surface area contributed by atoms with Crippen LogP contribution in [0.3, 0.4) is 0 Å². The van der Waals surface area contributed by atoms with Crippen molar-refractivity contribution in [3.05, 3.63) is 58.9 Å². The Morgan fingerprint density at radius 1 is 1.20 bits per heavy atom. The van der Waals surface area contributed by atoms with E-state index in [9.17, 15) is 4.79 Å². The molecule has 6 heteroatoms. The number of thiazole rings is 1. The van der Waals surface area contributed by atoms with Crippen molar-refractivity contribution in [3.63, 3.8) is 0 Å². The van der Waals surface area contributed by atoms with Gasteiger partial charge in [-0.2, -0.15) is 0 Å². The maximum atomic E-state index is 12.6. The average molecular weight is 370 g/mol. The van der Waals surface area contributed by atoms with Gasteiger partial charge >= 0.3 is 0 Å². The van der Waals surface area contributed by atoms with Gasteiger partial charge < -0.3 is 10.2 Å². The van der Waals surface area contributed by atoms with Crippen molar-refractivity contribution in [2.75, 3.05) is 18.0 Å². The second-order valence-corrected chi connectivity index (χ2v) is 8.08. The summed E-state index contributed by atoms with van der Waals surface area (Å²) in [5.41, 5.74) is 1.22. The number of nitrogens with zero attached hydrogens (tertiary/aromatic N) is 2. The first kappa shape index (κ1) is 16.3. The van der Waals surface area contributed by atoms with Gasteiger partial charge in [-0.05, 0) is 36.4 Å². The number of aromatic nitrogens is 1. The van der Waals surface area contributed by atoms with Gasteiger partial charge in [0.15, 0.2) is 0 Å². The molecule has 1 atom stereocenters. The van der Waals surface area contributed by atoms with Crippen LogP contribution < -0.4 is 10.2 Å². The molecule has 128 valence electrons. The molecular weight excluding hydrogens is 350 g/mol. The summed E-state index contributed by atoms with van der Waals surface area (Å²) in [6, 6.07) is 14.6. The molecule has 0 spiro atoms. The fourth-order valence-corrected chi connectivity index (χ4v) is 4.74. The van der Waals surface area contributed by atoms with E-state index in [2.05, 4.69) is 39.5 Å². The first-order valence-corrected chi connectivity index (χ1v) is 10.1. The molecule has 0 saturated carbocycles. The van der Waals surface area contributed by atoms with Crippen LogP contribution in [0, 0.1) is 0 Å². The van der Waals surface area contributed by atoms with E-state index in [0.717, 1.165) is 35.8 Å². The van der Waals surface area contributed by atoms with Gasteiger partial charge in [0.25, 0.3) is 5.91 Å². The zero-order valence-electron chi connectivity index (χ0n) is 13.7. The molecule has 25 heavy (non-hydrogen) atoms. The predicted molar refractivity (Wildman–Crippen MR) is 105 cm³/mol. The van der Waals surface area contributed by atoms with E-state index < -0.39 is 0 Å². The molecular formula is C19H19N3OS2. The highest BCUT2D eigenvalue weighted by molar-refractivity contribution is 7.21. The van der Waals surface area contributed by atoms with E-state index in [1.807, 2.05) is 23.6 Å². The molecule has 1 aliphatic heterocycles. The highest BCUT2D eigenvalue weighted by atomic mass is 32.1. The van der Waals surface area contributed by atoms with E-state index >= 15 is 0 Å². The van der Waals surface area contributed by atoms with Crippen LogP contribution in [0.5, 0.6) is 0 Å². The number of amides is 1. The number of hydrogen-bond acceptors (Lipinski definition) is 5. The van der Waals surface area contributed by atoms with E-state index in [0.29, 0.717) is 4.88 Å². The molecule has 1 N–H and O–H groups in total. The number of piperidine rings is 1. The van der Waals surface area contributed by atoms with Gasteiger partial charge in [0.05, 0.1) is 11.1 Å². The van der Waals surface area contributed by atoms with Crippen LogP contribution in [0.25, 0.3) is 9.88 Å². The lowest BCUT2D eigenvalue weighted by Gasteiger charge is -2.34. The molecule has 1 saturated heterocycles. The number of thiophene rings is 1.